The van der Waals surface area contributed by atoms with Gasteiger partial charge >= 0.3 is 0 Å². The third kappa shape index (κ3) is 8.09. The highest BCUT2D eigenvalue weighted by atomic mass is 19.1. The van der Waals surface area contributed by atoms with Gasteiger partial charge in [-0.15, -0.1) is 0 Å². The Kier molecular flexibility index (Phi) is 10.0. The summed E-state index contributed by atoms with van der Waals surface area (Å²) in [6.45, 7) is 4.30. The molecule has 0 fully saturated rings. The number of unbranched alkanes of at least 4 members (excludes halogenated alkanes) is 7. The summed E-state index contributed by atoms with van der Waals surface area (Å²) in [5.41, 5.74) is 4.34. The molecule has 0 aromatic heterocycles. The van der Waals surface area contributed by atoms with Gasteiger partial charge in [0.05, 0.1) is 0 Å². The summed E-state index contributed by atoms with van der Waals surface area (Å²) in [5, 5.41) is 0. The van der Waals surface area contributed by atoms with E-state index in [1.807, 2.05) is 6.92 Å². The van der Waals surface area contributed by atoms with Gasteiger partial charge in [-0.05, 0) is 12.8 Å². The molecule has 0 heterocycles. The van der Waals surface area contributed by atoms with Gasteiger partial charge in [0.2, 0.25) is 0 Å². The van der Waals surface area contributed by atoms with Crippen LogP contribution >= 0.6 is 0 Å². The van der Waals surface area contributed by atoms with Crippen LogP contribution in [0.3, 0.4) is 0 Å². The van der Waals surface area contributed by atoms with Gasteiger partial charge in [0.15, 0.2) is 0 Å². The van der Waals surface area contributed by atoms with Crippen LogP contribution in [0.4, 0.5) is 4.39 Å². The van der Waals surface area contributed by atoms with Gasteiger partial charge in [-0.3, -0.25) is 0 Å². The smallest absolute Gasteiger partial charge is 0.122 e. The molecule has 0 rings (SSSR count). The van der Waals surface area contributed by atoms with Crippen molar-refractivity contribution in [2.45, 2.75) is 83.7 Å². The molecule has 2 N–H and O–H groups in total. The maximum Gasteiger partial charge on any atom is 0.122 e. The fourth-order valence-corrected chi connectivity index (χ4v) is 2.00. The van der Waals surface area contributed by atoms with Crippen molar-refractivity contribution < 1.29 is 4.39 Å². The van der Waals surface area contributed by atoms with E-state index in [0.717, 1.165) is 12.8 Å². The Labute approximate surface area is 101 Å². The summed E-state index contributed by atoms with van der Waals surface area (Å²) in [6.07, 6.45) is 11.3. The monoisotopic (exact) mass is 231 g/mol. The number of hydrogen-bond acceptors (Lipinski definition) is 1. The molecule has 1 atom stereocenters. The second kappa shape index (κ2) is 10.1. The first-order valence-electron chi connectivity index (χ1n) is 7.07. The van der Waals surface area contributed by atoms with E-state index in [1.165, 1.54) is 38.5 Å². The van der Waals surface area contributed by atoms with Gasteiger partial charge in [0.25, 0.3) is 0 Å². The van der Waals surface area contributed by atoms with E-state index >= 15 is 0 Å². The molecule has 2 heteroatoms. The molecule has 0 aliphatic rings. The third-order valence-corrected chi connectivity index (χ3v) is 3.48. The Balaban J connectivity index is 3.26. The molecule has 0 aliphatic carbocycles. The largest absolute Gasteiger partial charge is 0.328 e. The molecule has 98 valence electrons. The molecular weight excluding hydrogens is 201 g/mol. The molecule has 0 aliphatic heterocycles. The predicted octanol–water partition coefficient (Wildman–Crippen LogP) is 4.59. The summed E-state index contributed by atoms with van der Waals surface area (Å²) in [6, 6.07) is 0. The van der Waals surface area contributed by atoms with Crippen molar-refractivity contribution in [3.8, 4) is 0 Å². The molecule has 1 unspecified atom stereocenters. The fourth-order valence-electron chi connectivity index (χ4n) is 2.00. The maximum absolute atomic E-state index is 13.8. The average Bonchev–Trinajstić information content (AvgIpc) is 2.32. The van der Waals surface area contributed by atoms with Crippen molar-refractivity contribution in [3.63, 3.8) is 0 Å². The van der Waals surface area contributed by atoms with Crippen molar-refractivity contribution in [2.75, 3.05) is 6.54 Å². The van der Waals surface area contributed by atoms with E-state index in [2.05, 4.69) is 6.92 Å². The third-order valence-electron chi connectivity index (χ3n) is 3.48. The first kappa shape index (κ1) is 15.9. The summed E-state index contributed by atoms with van der Waals surface area (Å²) >= 11 is 0. The normalized spacial score (nSPS) is 15.0. The fraction of sp³-hybridized carbons (Fsp3) is 1.00. The molecule has 0 spiro atoms. The van der Waals surface area contributed by atoms with Gasteiger partial charge in [-0.1, -0.05) is 65.2 Å². The van der Waals surface area contributed by atoms with E-state index in [-0.39, 0.29) is 6.54 Å². The number of halogens is 1. The zero-order valence-corrected chi connectivity index (χ0v) is 11.2. The number of hydrogen-bond donors (Lipinski definition) is 1. The van der Waals surface area contributed by atoms with Crippen LogP contribution in [0.15, 0.2) is 0 Å². The lowest BCUT2D eigenvalue weighted by atomic mass is 9.95. The van der Waals surface area contributed by atoms with Gasteiger partial charge in [-0.2, -0.15) is 0 Å². The van der Waals surface area contributed by atoms with Crippen LogP contribution < -0.4 is 5.73 Å². The molecule has 0 aromatic carbocycles. The molecular formula is C14H30FN. The number of rotatable bonds is 11. The quantitative estimate of drug-likeness (QED) is 0.517. The van der Waals surface area contributed by atoms with E-state index in [4.69, 9.17) is 5.73 Å². The van der Waals surface area contributed by atoms with Crippen molar-refractivity contribution in [2.24, 2.45) is 5.73 Å². The minimum absolute atomic E-state index is 0.181. The van der Waals surface area contributed by atoms with Crippen LogP contribution in [-0.2, 0) is 0 Å². The molecule has 16 heavy (non-hydrogen) atoms. The highest BCUT2D eigenvalue weighted by Gasteiger charge is 2.24. The Morgan fingerprint density at radius 2 is 1.38 bits per heavy atom. The van der Waals surface area contributed by atoms with Crippen LogP contribution in [0.2, 0.25) is 0 Å². The van der Waals surface area contributed by atoms with Gasteiger partial charge in [0.1, 0.15) is 5.67 Å². The molecule has 0 saturated carbocycles. The highest BCUT2D eigenvalue weighted by Crippen LogP contribution is 2.22. The average molecular weight is 231 g/mol. The minimum atomic E-state index is -1.10. The van der Waals surface area contributed by atoms with Crippen LogP contribution in [0.1, 0.15) is 78.1 Å². The van der Waals surface area contributed by atoms with E-state index < -0.39 is 5.67 Å². The van der Waals surface area contributed by atoms with Crippen LogP contribution in [0.5, 0.6) is 0 Å². The summed E-state index contributed by atoms with van der Waals surface area (Å²) < 4.78 is 13.8. The van der Waals surface area contributed by atoms with Gasteiger partial charge < -0.3 is 5.73 Å². The maximum atomic E-state index is 13.8. The summed E-state index contributed by atoms with van der Waals surface area (Å²) in [5.74, 6) is 0. The van der Waals surface area contributed by atoms with Crippen LogP contribution in [-0.4, -0.2) is 12.2 Å². The molecule has 0 amide bonds. The van der Waals surface area contributed by atoms with E-state index in [0.29, 0.717) is 12.8 Å². The highest BCUT2D eigenvalue weighted by molar-refractivity contribution is 4.77. The summed E-state index contributed by atoms with van der Waals surface area (Å²) in [4.78, 5) is 0. The van der Waals surface area contributed by atoms with Crippen molar-refractivity contribution >= 4 is 0 Å². The molecule has 0 aromatic rings. The van der Waals surface area contributed by atoms with Crippen molar-refractivity contribution in [1.82, 2.24) is 0 Å². The first-order chi connectivity index (χ1) is 7.68. The zero-order valence-electron chi connectivity index (χ0n) is 11.2. The second-order valence-corrected chi connectivity index (χ2v) is 4.93. The first-order valence-corrected chi connectivity index (χ1v) is 7.07. The molecule has 0 saturated heterocycles. The lowest BCUT2D eigenvalue weighted by molar-refractivity contribution is 0.149. The van der Waals surface area contributed by atoms with Crippen molar-refractivity contribution in [3.05, 3.63) is 0 Å². The van der Waals surface area contributed by atoms with E-state index in [9.17, 15) is 4.39 Å². The summed E-state index contributed by atoms with van der Waals surface area (Å²) in [7, 11) is 0. The number of alkyl halides is 1. The minimum Gasteiger partial charge on any atom is -0.328 e. The zero-order chi connectivity index (χ0) is 12.3. The Bertz CT molecular complexity index is 144. The van der Waals surface area contributed by atoms with Gasteiger partial charge in [-0.25, -0.2) is 4.39 Å². The Hall–Kier alpha value is -0.110. The second-order valence-electron chi connectivity index (χ2n) is 4.93. The molecule has 0 radical (unpaired) electrons. The molecule has 1 nitrogen and oxygen atoms in total. The lowest BCUT2D eigenvalue weighted by Gasteiger charge is -2.21. The number of nitrogens with two attached hydrogens (primary N) is 1. The molecule has 0 bridgehead atoms. The topological polar surface area (TPSA) is 26.0 Å². The standard InChI is InChI=1S/C14H30FN/c1-3-5-6-7-8-9-10-11-12-14(15,4-2)13-16/h3-13,16H2,1-2H3. The lowest BCUT2D eigenvalue weighted by Crippen LogP contribution is -2.32. The van der Waals surface area contributed by atoms with Crippen molar-refractivity contribution in [1.29, 1.82) is 0 Å². The predicted molar refractivity (Wildman–Crippen MR) is 70.4 cm³/mol. The Morgan fingerprint density at radius 3 is 1.81 bits per heavy atom. The SMILES string of the molecule is CCCCCCCCCCC(F)(CC)CN. The van der Waals surface area contributed by atoms with Crippen LogP contribution in [0, 0.1) is 0 Å². The Morgan fingerprint density at radius 1 is 0.875 bits per heavy atom. The van der Waals surface area contributed by atoms with E-state index in [1.54, 1.807) is 0 Å². The van der Waals surface area contributed by atoms with Gasteiger partial charge in [0, 0.05) is 6.54 Å². The van der Waals surface area contributed by atoms with Crippen LogP contribution in [0.25, 0.3) is 0 Å².